The quantitative estimate of drug-likeness (QED) is 0.528. The number of ether oxygens (including phenoxy) is 2. The molecule has 0 aliphatic heterocycles. The Bertz CT molecular complexity index is 251. The minimum absolute atomic E-state index is 0.406. The van der Waals surface area contributed by atoms with Gasteiger partial charge in [0.25, 0.3) is 0 Å². The number of benzene rings is 1. The van der Waals surface area contributed by atoms with E-state index in [1.165, 1.54) is 0 Å². The third kappa shape index (κ3) is 5.65. The van der Waals surface area contributed by atoms with Gasteiger partial charge < -0.3 is 9.47 Å². The molecule has 1 unspecified atom stereocenters. The topological polar surface area (TPSA) is 18.5 Å². The molecular formula is C12H17ClO2. The number of rotatable bonds is 7. The normalized spacial score (nSPS) is 12.4. The summed E-state index contributed by atoms with van der Waals surface area (Å²) in [7, 11) is 0. The van der Waals surface area contributed by atoms with Crippen molar-refractivity contribution in [1.82, 2.24) is 0 Å². The lowest BCUT2D eigenvalue weighted by atomic mass is 10.2. The molecule has 0 saturated heterocycles. The molecule has 1 aromatic rings. The number of hydrogen-bond acceptors (Lipinski definition) is 2. The number of halogens is 1. The van der Waals surface area contributed by atoms with Crippen LogP contribution in [0.4, 0.5) is 0 Å². The van der Waals surface area contributed by atoms with E-state index < -0.39 is 0 Å². The van der Waals surface area contributed by atoms with Gasteiger partial charge in [-0.2, -0.15) is 0 Å². The Labute approximate surface area is 96.2 Å². The van der Waals surface area contributed by atoms with Crippen molar-refractivity contribution < 1.29 is 9.47 Å². The molecule has 0 heterocycles. The molecule has 0 amide bonds. The van der Waals surface area contributed by atoms with Gasteiger partial charge in [-0.3, -0.25) is 0 Å². The van der Waals surface area contributed by atoms with E-state index in [2.05, 4.69) is 6.92 Å². The third-order valence-corrected chi connectivity index (χ3v) is 2.43. The van der Waals surface area contributed by atoms with Crippen molar-refractivity contribution >= 4 is 11.6 Å². The zero-order valence-corrected chi connectivity index (χ0v) is 9.74. The molecule has 0 bridgehead atoms. The Hall–Kier alpha value is -0.730. The zero-order chi connectivity index (χ0) is 10.9. The first-order valence-electron chi connectivity index (χ1n) is 5.14. The van der Waals surface area contributed by atoms with Crippen molar-refractivity contribution in [2.24, 2.45) is 5.92 Å². The fourth-order valence-electron chi connectivity index (χ4n) is 1.06. The fourth-order valence-corrected chi connectivity index (χ4v) is 1.15. The molecule has 0 aromatic heterocycles. The summed E-state index contributed by atoms with van der Waals surface area (Å²) in [6.07, 6.45) is 0. The van der Waals surface area contributed by atoms with Crippen LogP contribution < -0.4 is 4.74 Å². The molecule has 1 aromatic carbocycles. The van der Waals surface area contributed by atoms with E-state index in [0.29, 0.717) is 31.6 Å². The lowest BCUT2D eigenvalue weighted by Gasteiger charge is -2.09. The average molecular weight is 229 g/mol. The van der Waals surface area contributed by atoms with E-state index in [1.54, 1.807) is 0 Å². The lowest BCUT2D eigenvalue weighted by Crippen LogP contribution is -2.12. The van der Waals surface area contributed by atoms with E-state index >= 15 is 0 Å². The Morgan fingerprint density at radius 3 is 2.60 bits per heavy atom. The Morgan fingerprint density at radius 1 is 1.20 bits per heavy atom. The van der Waals surface area contributed by atoms with Crippen LogP contribution in [0, 0.1) is 5.92 Å². The maximum atomic E-state index is 5.65. The van der Waals surface area contributed by atoms with Crippen molar-refractivity contribution in [3.05, 3.63) is 30.3 Å². The van der Waals surface area contributed by atoms with E-state index in [4.69, 9.17) is 21.1 Å². The molecule has 0 spiro atoms. The first kappa shape index (κ1) is 12.3. The molecule has 2 nitrogen and oxygen atoms in total. The number of para-hydroxylation sites is 1. The van der Waals surface area contributed by atoms with E-state index in [1.807, 2.05) is 30.3 Å². The van der Waals surface area contributed by atoms with Crippen LogP contribution in [-0.2, 0) is 4.74 Å². The van der Waals surface area contributed by atoms with Crippen molar-refractivity contribution in [1.29, 1.82) is 0 Å². The second-order valence-electron chi connectivity index (χ2n) is 3.50. The van der Waals surface area contributed by atoms with Gasteiger partial charge in [-0.05, 0) is 18.1 Å². The summed E-state index contributed by atoms with van der Waals surface area (Å²) in [4.78, 5) is 0. The van der Waals surface area contributed by atoms with Crippen LogP contribution in [0.25, 0.3) is 0 Å². The first-order valence-corrected chi connectivity index (χ1v) is 5.68. The number of hydrogen-bond donors (Lipinski definition) is 0. The van der Waals surface area contributed by atoms with Crippen LogP contribution in [0.2, 0.25) is 0 Å². The lowest BCUT2D eigenvalue weighted by molar-refractivity contribution is 0.0825. The second-order valence-corrected chi connectivity index (χ2v) is 3.80. The van der Waals surface area contributed by atoms with Gasteiger partial charge in [-0.25, -0.2) is 0 Å². The molecule has 0 fully saturated rings. The summed E-state index contributed by atoms with van der Waals surface area (Å²) in [5.74, 6) is 1.93. The summed E-state index contributed by atoms with van der Waals surface area (Å²) in [5, 5.41) is 0. The molecule has 0 radical (unpaired) electrons. The van der Waals surface area contributed by atoms with E-state index in [-0.39, 0.29) is 0 Å². The van der Waals surface area contributed by atoms with Crippen LogP contribution in [0.5, 0.6) is 5.75 Å². The van der Waals surface area contributed by atoms with Crippen LogP contribution in [-0.4, -0.2) is 25.7 Å². The first-order chi connectivity index (χ1) is 7.33. The highest BCUT2D eigenvalue weighted by Crippen LogP contribution is 2.07. The molecular weight excluding hydrogens is 212 g/mol. The predicted molar refractivity (Wildman–Crippen MR) is 62.6 cm³/mol. The summed E-state index contributed by atoms with van der Waals surface area (Å²) in [6.45, 7) is 3.95. The standard InChI is InChI=1S/C12H17ClO2/c1-11(9-13)10-14-7-8-15-12-5-3-2-4-6-12/h2-6,11H,7-10H2,1H3. The largest absolute Gasteiger partial charge is 0.491 e. The van der Waals surface area contributed by atoms with Crippen LogP contribution in [0.3, 0.4) is 0 Å². The molecule has 1 atom stereocenters. The molecule has 84 valence electrons. The van der Waals surface area contributed by atoms with Crippen molar-refractivity contribution in [3.8, 4) is 5.75 Å². The zero-order valence-electron chi connectivity index (χ0n) is 8.99. The second kappa shape index (κ2) is 7.55. The van der Waals surface area contributed by atoms with Crippen molar-refractivity contribution in [3.63, 3.8) is 0 Å². The minimum atomic E-state index is 0.406. The van der Waals surface area contributed by atoms with Gasteiger partial charge in [0.2, 0.25) is 0 Å². The number of alkyl halides is 1. The van der Waals surface area contributed by atoms with Gasteiger partial charge in [0.05, 0.1) is 13.2 Å². The predicted octanol–water partition coefficient (Wildman–Crippen LogP) is 2.96. The average Bonchev–Trinajstić information content (AvgIpc) is 2.29. The fraction of sp³-hybridized carbons (Fsp3) is 0.500. The van der Waals surface area contributed by atoms with Gasteiger partial charge in [-0.15, -0.1) is 11.6 Å². The molecule has 3 heteroatoms. The van der Waals surface area contributed by atoms with Gasteiger partial charge in [-0.1, -0.05) is 25.1 Å². The summed E-state index contributed by atoms with van der Waals surface area (Å²) < 4.78 is 10.9. The van der Waals surface area contributed by atoms with E-state index in [0.717, 1.165) is 5.75 Å². The van der Waals surface area contributed by atoms with Crippen LogP contribution in [0.1, 0.15) is 6.92 Å². The molecule has 0 aliphatic carbocycles. The van der Waals surface area contributed by atoms with Gasteiger partial charge in [0.1, 0.15) is 12.4 Å². The van der Waals surface area contributed by atoms with Crippen molar-refractivity contribution in [2.45, 2.75) is 6.92 Å². The highest BCUT2D eigenvalue weighted by Gasteiger charge is 1.99. The molecule has 0 N–H and O–H groups in total. The molecule has 0 aliphatic rings. The SMILES string of the molecule is CC(CCl)COCCOc1ccccc1. The Kier molecular flexibility index (Phi) is 6.21. The molecule has 0 saturated carbocycles. The highest BCUT2D eigenvalue weighted by atomic mass is 35.5. The summed E-state index contributed by atoms with van der Waals surface area (Å²) in [5.41, 5.74) is 0. The van der Waals surface area contributed by atoms with Crippen LogP contribution in [0.15, 0.2) is 30.3 Å². The smallest absolute Gasteiger partial charge is 0.119 e. The van der Waals surface area contributed by atoms with Gasteiger partial charge >= 0.3 is 0 Å². The van der Waals surface area contributed by atoms with Crippen LogP contribution >= 0.6 is 11.6 Å². The monoisotopic (exact) mass is 228 g/mol. The summed E-state index contributed by atoms with van der Waals surface area (Å²) >= 11 is 5.65. The van der Waals surface area contributed by atoms with Gasteiger partial charge in [0, 0.05) is 5.88 Å². The maximum absolute atomic E-state index is 5.65. The Morgan fingerprint density at radius 2 is 1.93 bits per heavy atom. The molecule has 1 rings (SSSR count). The van der Waals surface area contributed by atoms with Gasteiger partial charge in [0.15, 0.2) is 0 Å². The van der Waals surface area contributed by atoms with E-state index in [9.17, 15) is 0 Å². The summed E-state index contributed by atoms with van der Waals surface area (Å²) in [6, 6.07) is 9.73. The Balaban J connectivity index is 2.03. The highest BCUT2D eigenvalue weighted by molar-refractivity contribution is 6.18. The molecule has 15 heavy (non-hydrogen) atoms. The third-order valence-electron chi connectivity index (χ3n) is 1.91. The minimum Gasteiger partial charge on any atom is -0.491 e. The van der Waals surface area contributed by atoms with Crippen molar-refractivity contribution in [2.75, 3.05) is 25.7 Å². The maximum Gasteiger partial charge on any atom is 0.119 e.